The van der Waals surface area contributed by atoms with Gasteiger partial charge in [-0.1, -0.05) is 29.3 Å². The zero-order chi connectivity index (χ0) is 19.2. The summed E-state index contributed by atoms with van der Waals surface area (Å²) in [5.41, 5.74) is 0.657. The largest absolute Gasteiger partial charge is 0.457 e. The van der Waals surface area contributed by atoms with Crippen molar-refractivity contribution in [1.82, 2.24) is 0 Å². The number of hydrogen-bond donors (Lipinski definition) is 0. The average Bonchev–Trinajstić information content (AvgIpc) is 2.89. The third kappa shape index (κ3) is 3.34. The van der Waals surface area contributed by atoms with Gasteiger partial charge in [-0.05, 0) is 35.4 Å². The lowest BCUT2D eigenvalue weighted by Gasteiger charge is -2.09. The van der Waals surface area contributed by atoms with E-state index in [1.807, 2.05) is 0 Å². The molecular formula is C17H10Cl2F2O4S. The highest BCUT2D eigenvalue weighted by atomic mass is 35.5. The maximum Gasteiger partial charge on any atom is 0.339 e. The fourth-order valence-corrected chi connectivity index (χ4v) is 3.79. The van der Waals surface area contributed by atoms with Crippen molar-refractivity contribution >= 4 is 50.2 Å². The molecule has 4 nitrogen and oxygen atoms in total. The fraction of sp³-hybridized carbons (Fsp3) is 0.118. The molecule has 26 heavy (non-hydrogen) atoms. The Hall–Kier alpha value is -1.96. The Morgan fingerprint density at radius 1 is 1.00 bits per heavy atom. The van der Waals surface area contributed by atoms with Gasteiger partial charge in [-0.25, -0.2) is 22.0 Å². The number of sulfone groups is 1. The summed E-state index contributed by atoms with van der Waals surface area (Å²) in [6, 6.07) is 6.14. The van der Waals surface area contributed by atoms with Crippen LogP contribution in [0, 0.1) is 11.6 Å². The van der Waals surface area contributed by atoms with Crippen molar-refractivity contribution in [2.45, 2.75) is 4.90 Å². The van der Waals surface area contributed by atoms with E-state index in [2.05, 4.69) is 0 Å². The van der Waals surface area contributed by atoms with Crippen LogP contribution in [-0.4, -0.2) is 27.2 Å². The van der Waals surface area contributed by atoms with Crippen LogP contribution in [-0.2, 0) is 19.4 Å². The summed E-state index contributed by atoms with van der Waals surface area (Å²) in [6.45, 7) is -0.217. The van der Waals surface area contributed by atoms with E-state index in [4.69, 9.17) is 27.9 Å². The Bertz CT molecular complexity index is 1060. The minimum atomic E-state index is -4.09. The maximum atomic E-state index is 14.2. The minimum absolute atomic E-state index is 0.000627. The van der Waals surface area contributed by atoms with Crippen molar-refractivity contribution in [2.75, 3.05) is 12.9 Å². The van der Waals surface area contributed by atoms with E-state index in [1.54, 1.807) is 0 Å². The third-order valence-electron chi connectivity index (χ3n) is 3.78. The van der Waals surface area contributed by atoms with Crippen molar-refractivity contribution in [2.24, 2.45) is 0 Å². The fourth-order valence-electron chi connectivity index (χ4n) is 2.66. The lowest BCUT2D eigenvalue weighted by molar-refractivity contribution is -0.133. The van der Waals surface area contributed by atoms with Gasteiger partial charge in [0.1, 0.15) is 23.1 Å². The van der Waals surface area contributed by atoms with Crippen molar-refractivity contribution in [1.29, 1.82) is 0 Å². The number of cyclic esters (lactones) is 1. The Labute approximate surface area is 157 Å². The van der Waals surface area contributed by atoms with E-state index in [0.717, 1.165) is 12.1 Å². The number of benzene rings is 2. The molecule has 3 rings (SSSR count). The molecule has 2 aromatic rings. The number of hydrogen-bond acceptors (Lipinski definition) is 4. The van der Waals surface area contributed by atoms with Gasteiger partial charge in [0, 0.05) is 11.8 Å². The predicted octanol–water partition coefficient (Wildman–Crippen LogP) is 4.14. The molecular weight excluding hydrogens is 409 g/mol. The van der Waals surface area contributed by atoms with Gasteiger partial charge in [-0.15, -0.1) is 0 Å². The number of rotatable bonds is 3. The van der Waals surface area contributed by atoms with Gasteiger partial charge >= 0.3 is 5.97 Å². The summed E-state index contributed by atoms with van der Waals surface area (Å²) in [4.78, 5) is 11.1. The quantitative estimate of drug-likeness (QED) is 0.702. The Kier molecular flexibility index (Phi) is 4.81. The first kappa shape index (κ1) is 18.8. The number of ether oxygens (including phenoxy) is 1. The highest BCUT2D eigenvalue weighted by molar-refractivity contribution is 7.90. The van der Waals surface area contributed by atoms with Gasteiger partial charge in [-0.2, -0.15) is 0 Å². The molecule has 0 aliphatic carbocycles. The molecule has 0 saturated carbocycles. The van der Waals surface area contributed by atoms with Crippen LogP contribution in [0.25, 0.3) is 11.1 Å². The predicted molar refractivity (Wildman–Crippen MR) is 93.7 cm³/mol. The van der Waals surface area contributed by atoms with E-state index in [-0.39, 0.29) is 33.4 Å². The molecule has 2 aromatic carbocycles. The number of halogens is 4. The highest BCUT2D eigenvalue weighted by Gasteiger charge is 2.30. The van der Waals surface area contributed by atoms with E-state index in [0.29, 0.717) is 11.8 Å². The third-order valence-corrected chi connectivity index (χ3v) is 5.65. The molecule has 0 atom stereocenters. The summed E-state index contributed by atoms with van der Waals surface area (Å²) in [5, 5.41) is 0.471. The van der Waals surface area contributed by atoms with Gasteiger partial charge in [0.15, 0.2) is 9.84 Å². The van der Waals surface area contributed by atoms with E-state index in [1.165, 1.54) is 18.2 Å². The second-order valence-electron chi connectivity index (χ2n) is 5.60. The first-order valence-electron chi connectivity index (χ1n) is 7.14. The SMILES string of the molecule is CS(=O)(=O)c1c(F)cc(C2=C(c3ccc(Cl)c(Cl)c3)C(=O)OC2)cc1F. The monoisotopic (exact) mass is 418 g/mol. The summed E-state index contributed by atoms with van der Waals surface area (Å²) in [7, 11) is -4.09. The van der Waals surface area contributed by atoms with Crippen LogP contribution >= 0.6 is 23.2 Å². The number of carbonyl (C=O) groups is 1. The van der Waals surface area contributed by atoms with Crippen LogP contribution in [0.4, 0.5) is 8.78 Å². The topological polar surface area (TPSA) is 60.4 Å². The van der Waals surface area contributed by atoms with E-state index < -0.39 is 32.3 Å². The van der Waals surface area contributed by atoms with Gasteiger partial charge < -0.3 is 4.74 Å². The van der Waals surface area contributed by atoms with E-state index >= 15 is 0 Å². The molecule has 1 aliphatic heterocycles. The van der Waals surface area contributed by atoms with Crippen LogP contribution in [0.15, 0.2) is 35.2 Å². The zero-order valence-electron chi connectivity index (χ0n) is 13.1. The molecule has 0 spiro atoms. The Morgan fingerprint density at radius 3 is 2.15 bits per heavy atom. The summed E-state index contributed by atoms with van der Waals surface area (Å²) in [6.07, 6.45) is 0.705. The molecule has 0 amide bonds. The molecule has 0 N–H and O–H groups in total. The molecule has 0 unspecified atom stereocenters. The van der Waals surface area contributed by atoms with Crippen molar-refractivity contribution < 1.29 is 26.7 Å². The van der Waals surface area contributed by atoms with Gasteiger partial charge in [0.05, 0.1) is 15.6 Å². The van der Waals surface area contributed by atoms with E-state index in [9.17, 15) is 22.0 Å². The molecule has 0 fully saturated rings. The molecule has 9 heteroatoms. The molecule has 0 aromatic heterocycles. The van der Waals surface area contributed by atoms with Crippen molar-refractivity contribution in [3.63, 3.8) is 0 Å². The van der Waals surface area contributed by atoms with Crippen molar-refractivity contribution in [3.8, 4) is 0 Å². The molecule has 1 heterocycles. The summed E-state index contributed by atoms with van der Waals surface area (Å²) < 4.78 is 56.4. The Balaban J connectivity index is 2.22. The normalized spacial score (nSPS) is 14.7. The lowest BCUT2D eigenvalue weighted by atomic mass is 9.96. The summed E-state index contributed by atoms with van der Waals surface area (Å²) in [5.74, 6) is -3.18. The van der Waals surface area contributed by atoms with Crippen molar-refractivity contribution in [3.05, 3.63) is 63.1 Å². The summed E-state index contributed by atoms with van der Waals surface area (Å²) >= 11 is 11.8. The van der Waals surface area contributed by atoms with Gasteiger partial charge in [-0.3, -0.25) is 0 Å². The average molecular weight is 419 g/mol. The minimum Gasteiger partial charge on any atom is -0.457 e. The van der Waals surface area contributed by atoms with Crippen LogP contribution < -0.4 is 0 Å². The first-order chi connectivity index (χ1) is 12.1. The first-order valence-corrected chi connectivity index (χ1v) is 9.79. The Morgan fingerprint density at radius 2 is 1.62 bits per heavy atom. The number of esters is 1. The maximum absolute atomic E-state index is 14.2. The second kappa shape index (κ2) is 6.64. The standard InChI is InChI=1S/C17H10Cl2F2O4S/c1-26(23,24)16-13(20)5-9(6-14(16)21)10-7-25-17(22)15(10)8-2-3-11(18)12(19)4-8/h2-6H,7H2,1H3. The molecule has 0 bridgehead atoms. The molecule has 0 radical (unpaired) electrons. The molecule has 1 aliphatic rings. The van der Waals surface area contributed by atoms with Crippen LogP contribution in [0.2, 0.25) is 10.0 Å². The lowest BCUT2D eigenvalue weighted by Crippen LogP contribution is -2.06. The smallest absolute Gasteiger partial charge is 0.339 e. The molecule has 136 valence electrons. The molecule has 0 saturated heterocycles. The zero-order valence-corrected chi connectivity index (χ0v) is 15.5. The van der Waals surface area contributed by atoms with Crippen LogP contribution in [0.3, 0.4) is 0 Å². The second-order valence-corrected chi connectivity index (χ2v) is 8.37. The van der Waals surface area contributed by atoms with Crippen LogP contribution in [0.5, 0.6) is 0 Å². The highest BCUT2D eigenvalue weighted by Crippen LogP contribution is 2.36. The number of carbonyl (C=O) groups excluding carboxylic acids is 1. The van der Waals surface area contributed by atoms with Crippen LogP contribution in [0.1, 0.15) is 11.1 Å². The van der Waals surface area contributed by atoms with Gasteiger partial charge in [0.2, 0.25) is 0 Å². The van der Waals surface area contributed by atoms with Gasteiger partial charge in [0.25, 0.3) is 0 Å².